The number of likely N-dealkylation sites (tertiary alicyclic amines) is 1. The first kappa shape index (κ1) is 22.4. The lowest BCUT2D eigenvalue weighted by Gasteiger charge is -2.32. The van der Waals surface area contributed by atoms with Crippen molar-refractivity contribution in [3.8, 4) is 0 Å². The Labute approximate surface area is 168 Å². The number of unbranched alkanes of at least 4 members (excludes halogenated alkanes) is 3. The molecule has 1 saturated heterocycles. The molecule has 1 heterocycles. The molecule has 0 saturated carbocycles. The number of hydrogen-bond donors (Lipinski definition) is 2. The third-order valence-corrected chi connectivity index (χ3v) is 4.95. The van der Waals surface area contributed by atoms with Gasteiger partial charge in [-0.2, -0.15) is 0 Å². The average molecular weight is 392 g/mol. The summed E-state index contributed by atoms with van der Waals surface area (Å²) in [5.74, 6) is -0.309. The van der Waals surface area contributed by atoms with Gasteiger partial charge in [0.25, 0.3) is 0 Å². The Morgan fingerprint density at radius 2 is 1.86 bits per heavy atom. The molecule has 5 nitrogen and oxygen atoms in total. The monoisotopic (exact) mass is 391 g/mol. The van der Waals surface area contributed by atoms with E-state index in [0.29, 0.717) is 18.8 Å². The molecule has 1 fully saturated rings. The highest BCUT2D eigenvalue weighted by Crippen LogP contribution is 2.16. The van der Waals surface area contributed by atoms with E-state index in [1.165, 1.54) is 31.4 Å². The quantitative estimate of drug-likeness (QED) is 0.405. The summed E-state index contributed by atoms with van der Waals surface area (Å²) < 4.78 is 18.9. The van der Waals surface area contributed by atoms with Crippen LogP contribution in [0, 0.1) is 5.82 Å². The molecular formula is C22H34FN3O2. The predicted molar refractivity (Wildman–Crippen MR) is 112 cm³/mol. The van der Waals surface area contributed by atoms with Crippen LogP contribution in [0.3, 0.4) is 0 Å². The number of amides is 2. The van der Waals surface area contributed by atoms with Crippen molar-refractivity contribution < 1.29 is 13.9 Å². The van der Waals surface area contributed by atoms with Crippen LogP contribution in [0.1, 0.15) is 44.9 Å². The fourth-order valence-electron chi connectivity index (χ4n) is 3.25. The van der Waals surface area contributed by atoms with Crippen molar-refractivity contribution in [2.24, 2.45) is 0 Å². The molecule has 0 bridgehead atoms. The molecule has 1 aromatic carbocycles. The highest BCUT2D eigenvalue weighted by Gasteiger charge is 2.23. The lowest BCUT2D eigenvalue weighted by atomic mass is 10.1. The molecule has 0 aliphatic carbocycles. The molecule has 1 aliphatic heterocycles. The SMILES string of the molecule is C=CCCNCCCCCCOC1CCN(C(=O)Nc2ccc(F)cc2)CC1. The zero-order chi connectivity index (χ0) is 20.0. The Morgan fingerprint density at radius 1 is 1.14 bits per heavy atom. The van der Waals surface area contributed by atoms with E-state index in [9.17, 15) is 9.18 Å². The maximum absolute atomic E-state index is 12.9. The fourth-order valence-corrected chi connectivity index (χ4v) is 3.25. The summed E-state index contributed by atoms with van der Waals surface area (Å²) in [4.78, 5) is 14.1. The third-order valence-electron chi connectivity index (χ3n) is 4.95. The van der Waals surface area contributed by atoms with Crippen LogP contribution in [0.2, 0.25) is 0 Å². The lowest BCUT2D eigenvalue weighted by Crippen LogP contribution is -2.43. The molecule has 0 spiro atoms. The maximum Gasteiger partial charge on any atom is 0.321 e. The first-order valence-corrected chi connectivity index (χ1v) is 10.4. The van der Waals surface area contributed by atoms with E-state index in [1.807, 2.05) is 6.08 Å². The van der Waals surface area contributed by atoms with Gasteiger partial charge in [0.1, 0.15) is 5.82 Å². The van der Waals surface area contributed by atoms with Crippen LogP contribution in [0.15, 0.2) is 36.9 Å². The summed E-state index contributed by atoms with van der Waals surface area (Å²) in [6.45, 7) is 7.99. The standard InChI is InChI=1S/C22H34FN3O2/c1-2-3-14-24-15-6-4-5-7-18-28-21-12-16-26(17-13-21)22(27)25-20-10-8-19(23)9-11-20/h2,8-11,21,24H,1,3-7,12-18H2,(H,25,27). The van der Waals surface area contributed by atoms with Crippen LogP contribution < -0.4 is 10.6 Å². The molecule has 0 radical (unpaired) electrons. The normalized spacial score (nSPS) is 14.8. The van der Waals surface area contributed by atoms with Crippen LogP contribution in [0.5, 0.6) is 0 Å². The zero-order valence-electron chi connectivity index (χ0n) is 16.8. The Balaban J connectivity index is 1.48. The smallest absolute Gasteiger partial charge is 0.321 e. The number of ether oxygens (including phenoxy) is 1. The van der Waals surface area contributed by atoms with Crippen LogP contribution >= 0.6 is 0 Å². The van der Waals surface area contributed by atoms with Gasteiger partial charge in [-0.1, -0.05) is 18.9 Å². The molecule has 1 aromatic rings. The van der Waals surface area contributed by atoms with Crippen LogP contribution in [-0.2, 0) is 4.74 Å². The van der Waals surface area contributed by atoms with Crippen LogP contribution in [-0.4, -0.2) is 49.8 Å². The molecule has 0 atom stereocenters. The van der Waals surface area contributed by atoms with Gasteiger partial charge in [0.15, 0.2) is 0 Å². The maximum atomic E-state index is 12.9. The number of carbonyl (C=O) groups is 1. The van der Waals surface area contributed by atoms with E-state index in [1.54, 1.807) is 17.0 Å². The van der Waals surface area contributed by atoms with E-state index in [2.05, 4.69) is 17.2 Å². The summed E-state index contributed by atoms with van der Waals surface area (Å²) in [5, 5.41) is 6.21. The molecular weight excluding hydrogens is 357 g/mol. The van der Waals surface area contributed by atoms with Gasteiger partial charge in [-0.15, -0.1) is 6.58 Å². The summed E-state index contributed by atoms with van der Waals surface area (Å²) in [7, 11) is 0. The first-order chi connectivity index (χ1) is 13.7. The van der Waals surface area contributed by atoms with Crippen molar-refractivity contribution in [3.63, 3.8) is 0 Å². The van der Waals surface area contributed by atoms with Crippen molar-refractivity contribution in [1.82, 2.24) is 10.2 Å². The molecule has 0 unspecified atom stereocenters. The van der Waals surface area contributed by atoms with Gasteiger partial charge in [-0.25, -0.2) is 9.18 Å². The van der Waals surface area contributed by atoms with Gasteiger partial charge in [0.2, 0.25) is 0 Å². The lowest BCUT2D eigenvalue weighted by molar-refractivity contribution is 0.0141. The molecule has 2 amide bonds. The Kier molecular flexibility index (Phi) is 10.6. The summed E-state index contributed by atoms with van der Waals surface area (Å²) in [6.07, 6.45) is 9.67. The Hall–Kier alpha value is -1.92. The van der Waals surface area contributed by atoms with Crippen LogP contribution in [0.25, 0.3) is 0 Å². The van der Waals surface area contributed by atoms with Gasteiger partial charge in [0.05, 0.1) is 6.10 Å². The van der Waals surface area contributed by atoms with Crippen LogP contribution in [0.4, 0.5) is 14.9 Å². The number of halogens is 1. The number of hydrogen-bond acceptors (Lipinski definition) is 3. The van der Waals surface area contributed by atoms with Crippen molar-refractivity contribution in [1.29, 1.82) is 0 Å². The molecule has 0 aromatic heterocycles. The average Bonchev–Trinajstić information content (AvgIpc) is 2.71. The number of benzene rings is 1. The molecule has 156 valence electrons. The minimum absolute atomic E-state index is 0.133. The zero-order valence-corrected chi connectivity index (χ0v) is 16.8. The van der Waals surface area contributed by atoms with E-state index in [-0.39, 0.29) is 18.0 Å². The molecule has 2 rings (SSSR count). The highest BCUT2D eigenvalue weighted by atomic mass is 19.1. The first-order valence-electron chi connectivity index (χ1n) is 10.4. The van der Waals surface area contributed by atoms with Gasteiger partial charge in [-0.05, 0) is 69.5 Å². The third kappa shape index (κ3) is 8.85. The molecule has 6 heteroatoms. The second kappa shape index (κ2) is 13.3. The second-order valence-corrected chi connectivity index (χ2v) is 7.24. The Morgan fingerprint density at radius 3 is 2.57 bits per heavy atom. The Bertz CT molecular complexity index is 572. The number of rotatable bonds is 12. The molecule has 28 heavy (non-hydrogen) atoms. The number of anilines is 1. The summed E-state index contributed by atoms with van der Waals surface area (Å²) >= 11 is 0. The number of urea groups is 1. The predicted octanol–water partition coefficient (Wildman–Crippen LogP) is 4.56. The van der Waals surface area contributed by atoms with Gasteiger partial charge in [-0.3, -0.25) is 0 Å². The second-order valence-electron chi connectivity index (χ2n) is 7.24. The van der Waals surface area contributed by atoms with Gasteiger partial charge >= 0.3 is 6.03 Å². The highest BCUT2D eigenvalue weighted by molar-refractivity contribution is 5.89. The van der Waals surface area contributed by atoms with E-state index >= 15 is 0 Å². The van der Waals surface area contributed by atoms with Crippen molar-refractivity contribution >= 4 is 11.7 Å². The number of nitrogens with one attached hydrogen (secondary N) is 2. The summed E-state index contributed by atoms with van der Waals surface area (Å²) in [5.41, 5.74) is 0.612. The van der Waals surface area contributed by atoms with Crippen molar-refractivity contribution in [2.75, 3.05) is 38.1 Å². The number of piperidine rings is 1. The number of nitrogens with zero attached hydrogens (tertiary/aromatic N) is 1. The van der Waals surface area contributed by atoms with E-state index < -0.39 is 0 Å². The fraction of sp³-hybridized carbons (Fsp3) is 0.591. The largest absolute Gasteiger partial charge is 0.378 e. The minimum Gasteiger partial charge on any atom is -0.378 e. The minimum atomic E-state index is -0.309. The van der Waals surface area contributed by atoms with E-state index in [0.717, 1.165) is 45.4 Å². The molecule has 2 N–H and O–H groups in total. The van der Waals surface area contributed by atoms with Crippen molar-refractivity contribution in [3.05, 3.63) is 42.7 Å². The molecule has 1 aliphatic rings. The van der Waals surface area contributed by atoms with Gasteiger partial charge in [0, 0.05) is 25.4 Å². The number of carbonyl (C=O) groups excluding carboxylic acids is 1. The topological polar surface area (TPSA) is 53.6 Å². The van der Waals surface area contributed by atoms with Crippen molar-refractivity contribution in [2.45, 2.75) is 51.0 Å². The van der Waals surface area contributed by atoms with E-state index in [4.69, 9.17) is 4.74 Å². The summed E-state index contributed by atoms with van der Waals surface area (Å²) in [6, 6.07) is 5.69. The van der Waals surface area contributed by atoms with Gasteiger partial charge < -0.3 is 20.3 Å².